The number of ether oxygens (including phenoxy) is 1. The normalized spacial score (nSPS) is 23.2. The summed E-state index contributed by atoms with van der Waals surface area (Å²) in [5, 5.41) is 1.47. The second-order valence-corrected chi connectivity index (χ2v) is 10.1. The minimum Gasteiger partial charge on any atom is -0.497 e. The van der Waals surface area contributed by atoms with Crippen LogP contribution in [0, 0.1) is 0 Å². The first-order valence-corrected chi connectivity index (χ1v) is 11.7. The molecule has 1 saturated heterocycles. The molecule has 0 radical (unpaired) electrons. The SMILES string of the molecule is COc1ccc(CSC2=N[C@@H]3CS(=O)(=O)C[C@H]3N2c2cccc(Cl)c2)cc1. The molecule has 2 aliphatic heterocycles. The van der Waals surface area contributed by atoms with Crippen LogP contribution in [0.1, 0.15) is 5.56 Å². The summed E-state index contributed by atoms with van der Waals surface area (Å²) >= 11 is 7.78. The van der Waals surface area contributed by atoms with Gasteiger partial charge in [0.15, 0.2) is 15.0 Å². The van der Waals surface area contributed by atoms with E-state index < -0.39 is 9.84 Å². The van der Waals surface area contributed by atoms with Crippen molar-refractivity contribution in [2.45, 2.75) is 17.8 Å². The van der Waals surface area contributed by atoms with Gasteiger partial charge in [0, 0.05) is 16.5 Å². The first-order chi connectivity index (χ1) is 12.9. The monoisotopic (exact) mass is 422 g/mol. The van der Waals surface area contributed by atoms with E-state index in [1.165, 1.54) is 0 Å². The fourth-order valence-electron chi connectivity index (χ4n) is 3.43. The summed E-state index contributed by atoms with van der Waals surface area (Å²) in [7, 11) is -1.41. The highest BCUT2D eigenvalue weighted by molar-refractivity contribution is 8.13. The van der Waals surface area contributed by atoms with Crippen LogP contribution in [-0.4, -0.2) is 44.3 Å². The molecule has 5 nitrogen and oxygen atoms in total. The van der Waals surface area contributed by atoms with Gasteiger partial charge in [-0.3, -0.25) is 4.99 Å². The van der Waals surface area contributed by atoms with Crippen LogP contribution in [0.4, 0.5) is 5.69 Å². The molecule has 0 amide bonds. The van der Waals surface area contributed by atoms with Gasteiger partial charge in [-0.1, -0.05) is 41.6 Å². The van der Waals surface area contributed by atoms with E-state index in [1.807, 2.05) is 53.4 Å². The van der Waals surface area contributed by atoms with E-state index in [2.05, 4.69) is 0 Å². The van der Waals surface area contributed by atoms with Crippen molar-refractivity contribution in [3.8, 4) is 5.75 Å². The number of sulfone groups is 1. The molecule has 0 aromatic heterocycles. The Bertz CT molecular complexity index is 977. The Morgan fingerprint density at radius 3 is 2.70 bits per heavy atom. The van der Waals surface area contributed by atoms with E-state index in [1.54, 1.807) is 18.9 Å². The number of methoxy groups -OCH3 is 1. The number of fused-ring (bicyclic) bond motifs is 1. The van der Waals surface area contributed by atoms with Crippen LogP contribution in [0.3, 0.4) is 0 Å². The number of anilines is 1. The molecule has 1 fully saturated rings. The predicted molar refractivity (Wildman–Crippen MR) is 112 cm³/mol. The van der Waals surface area contributed by atoms with E-state index in [9.17, 15) is 8.42 Å². The summed E-state index contributed by atoms with van der Waals surface area (Å²) in [6.07, 6.45) is 0. The number of amidine groups is 1. The maximum Gasteiger partial charge on any atom is 0.164 e. The van der Waals surface area contributed by atoms with Gasteiger partial charge in [-0.15, -0.1) is 0 Å². The lowest BCUT2D eigenvalue weighted by Crippen LogP contribution is -2.39. The number of nitrogens with zero attached hydrogens (tertiary/aromatic N) is 2. The third-order valence-electron chi connectivity index (χ3n) is 4.72. The Balaban J connectivity index is 1.58. The van der Waals surface area contributed by atoms with Crippen molar-refractivity contribution in [3.63, 3.8) is 0 Å². The van der Waals surface area contributed by atoms with Gasteiger partial charge in [-0.25, -0.2) is 8.42 Å². The van der Waals surface area contributed by atoms with Crippen molar-refractivity contribution in [2.75, 3.05) is 23.5 Å². The first-order valence-electron chi connectivity index (χ1n) is 8.54. The number of hydrogen-bond donors (Lipinski definition) is 0. The maximum atomic E-state index is 12.1. The fraction of sp³-hybridized carbons (Fsp3) is 0.316. The average molecular weight is 423 g/mol. The van der Waals surface area contributed by atoms with Gasteiger partial charge in [0.1, 0.15) is 5.75 Å². The molecule has 0 spiro atoms. The van der Waals surface area contributed by atoms with E-state index in [0.717, 1.165) is 27.9 Å². The molecule has 0 aliphatic carbocycles. The van der Waals surface area contributed by atoms with Crippen LogP contribution < -0.4 is 9.64 Å². The van der Waals surface area contributed by atoms with E-state index >= 15 is 0 Å². The zero-order valence-corrected chi connectivity index (χ0v) is 17.1. The lowest BCUT2D eigenvalue weighted by Gasteiger charge is -2.26. The Morgan fingerprint density at radius 1 is 1.22 bits per heavy atom. The van der Waals surface area contributed by atoms with E-state index in [4.69, 9.17) is 21.3 Å². The fourth-order valence-corrected chi connectivity index (χ4v) is 6.54. The summed E-state index contributed by atoms with van der Waals surface area (Å²) in [5.74, 6) is 1.80. The van der Waals surface area contributed by atoms with E-state index in [-0.39, 0.29) is 23.6 Å². The summed E-state index contributed by atoms with van der Waals surface area (Å²) in [4.78, 5) is 6.78. The molecule has 0 N–H and O–H groups in total. The number of halogens is 1. The molecule has 8 heteroatoms. The van der Waals surface area contributed by atoms with E-state index in [0.29, 0.717) is 5.02 Å². The molecular weight excluding hydrogens is 404 g/mol. The van der Waals surface area contributed by atoms with Crippen LogP contribution in [0.15, 0.2) is 53.5 Å². The lowest BCUT2D eigenvalue weighted by molar-refractivity contribution is 0.414. The molecule has 0 bridgehead atoms. The van der Waals surface area contributed by atoms with Gasteiger partial charge >= 0.3 is 0 Å². The van der Waals surface area contributed by atoms with Crippen molar-refractivity contribution < 1.29 is 13.2 Å². The standard InChI is InChI=1S/C19H19ClN2O3S2/c1-25-16-7-5-13(6-8-16)10-26-19-21-17-11-27(23,24)12-18(17)22(19)15-4-2-3-14(20)9-15/h2-9,17-18H,10-12H2,1H3/t17-,18-/m1/s1. The number of thioether (sulfide) groups is 1. The van der Waals surface area contributed by atoms with Gasteiger partial charge in [0.2, 0.25) is 0 Å². The van der Waals surface area contributed by atoms with Gasteiger partial charge in [0.25, 0.3) is 0 Å². The van der Waals surface area contributed by atoms with Gasteiger partial charge in [-0.2, -0.15) is 0 Å². The number of rotatable bonds is 4. The van der Waals surface area contributed by atoms with Crippen LogP contribution in [0.25, 0.3) is 0 Å². The molecule has 2 aromatic carbocycles. The van der Waals surface area contributed by atoms with Crippen LogP contribution in [-0.2, 0) is 15.6 Å². The molecule has 4 rings (SSSR count). The first kappa shape index (κ1) is 18.7. The highest BCUT2D eigenvalue weighted by atomic mass is 35.5. The van der Waals surface area contributed by atoms with Crippen molar-refractivity contribution in [1.82, 2.24) is 0 Å². The quantitative estimate of drug-likeness (QED) is 0.753. The van der Waals surface area contributed by atoms with Crippen LogP contribution in [0.2, 0.25) is 5.02 Å². The molecule has 142 valence electrons. The van der Waals surface area contributed by atoms with Crippen molar-refractivity contribution in [3.05, 3.63) is 59.1 Å². The largest absolute Gasteiger partial charge is 0.497 e. The Morgan fingerprint density at radius 2 is 2.00 bits per heavy atom. The minimum atomic E-state index is -3.06. The molecular formula is C19H19ClN2O3S2. The van der Waals surface area contributed by atoms with Crippen LogP contribution >= 0.6 is 23.4 Å². The smallest absolute Gasteiger partial charge is 0.164 e. The molecule has 2 heterocycles. The summed E-state index contributed by atoms with van der Waals surface area (Å²) < 4.78 is 29.4. The molecule has 0 saturated carbocycles. The zero-order chi connectivity index (χ0) is 19.0. The second kappa shape index (κ2) is 7.37. The second-order valence-electron chi connectivity index (χ2n) is 6.61. The third-order valence-corrected chi connectivity index (χ3v) is 7.69. The van der Waals surface area contributed by atoms with Crippen molar-refractivity contribution >= 4 is 44.1 Å². The number of benzene rings is 2. The highest BCUT2D eigenvalue weighted by Crippen LogP contribution is 2.36. The summed E-state index contributed by atoms with van der Waals surface area (Å²) in [6, 6.07) is 15.0. The topological polar surface area (TPSA) is 59.0 Å². The predicted octanol–water partition coefficient (Wildman–Crippen LogP) is 3.62. The van der Waals surface area contributed by atoms with Crippen molar-refractivity contribution in [1.29, 1.82) is 0 Å². The molecule has 27 heavy (non-hydrogen) atoms. The number of hydrogen-bond acceptors (Lipinski definition) is 6. The molecule has 2 aromatic rings. The Kier molecular flexibility index (Phi) is 5.09. The Labute approximate surface area is 168 Å². The van der Waals surface area contributed by atoms with Gasteiger partial charge in [-0.05, 0) is 35.9 Å². The Hall–Kier alpha value is -1.70. The summed E-state index contributed by atoms with van der Waals surface area (Å²) in [6.45, 7) is 0. The number of aliphatic imine (C=N–C) groups is 1. The lowest BCUT2D eigenvalue weighted by atomic mass is 10.1. The minimum absolute atomic E-state index is 0.112. The summed E-state index contributed by atoms with van der Waals surface area (Å²) in [5.41, 5.74) is 2.03. The molecule has 2 atom stereocenters. The van der Waals surface area contributed by atoms with Crippen LogP contribution in [0.5, 0.6) is 5.75 Å². The molecule has 0 unspecified atom stereocenters. The van der Waals surface area contributed by atoms with Gasteiger partial charge < -0.3 is 9.64 Å². The van der Waals surface area contributed by atoms with Crippen molar-refractivity contribution in [2.24, 2.45) is 4.99 Å². The zero-order valence-electron chi connectivity index (χ0n) is 14.7. The maximum absolute atomic E-state index is 12.1. The van der Waals surface area contributed by atoms with Gasteiger partial charge in [0.05, 0.1) is 30.7 Å². The third kappa shape index (κ3) is 3.95. The highest BCUT2D eigenvalue weighted by Gasteiger charge is 2.47. The molecule has 2 aliphatic rings. The average Bonchev–Trinajstić information content (AvgIpc) is 3.11.